The van der Waals surface area contributed by atoms with Gasteiger partial charge in [0.15, 0.2) is 0 Å². The highest BCUT2D eigenvalue weighted by Crippen LogP contribution is 2.21. The van der Waals surface area contributed by atoms with Crippen molar-refractivity contribution in [3.05, 3.63) is 18.3 Å². The standard InChI is InChI=1S/C16H25N3O4S2/c1-16(2,3)23-15(20)12-24-14-6-5-13(11-17-14)25(21,22)19-9-7-18(4)8-10-19/h5-6,11H,7-10,12H2,1-4H3. The molecule has 2 rings (SSSR count). The Labute approximate surface area is 153 Å². The summed E-state index contributed by atoms with van der Waals surface area (Å²) in [6.07, 6.45) is 1.35. The predicted molar refractivity (Wildman–Crippen MR) is 97.1 cm³/mol. The normalized spacial score (nSPS) is 17.4. The smallest absolute Gasteiger partial charge is 0.316 e. The lowest BCUT2D eigenvalue weighted by Crippen LogP contribution is -2.47. The van der Waals surface area contributed by atoms with Crippen molar-refractivity contribution in [2.45, 2.75) is 36.3 Å². The molecule has 7 nitrogen and oxygen atoms in total. The Hall–Kier alpha value is -1.16. The minimum Gasteiger partial charge on any atom is -0.459 e. The number of aromatic nitrogens is 1. The zero-order valence-electron chi connectivity index (χ0n) is 15.1. The summed E-state index contributed by atoms with van der Waals surface area (Å²) in [6.45, 7) is 7.83. The van der Waals surface area contributed by atoms with Crippen molar-refractivity contribution in [2.75, 3.05) is 39.0 Å². The number of rotatable bonds is 5. The Bertz CT molecular complexity index is 691. The summed E-state index contributed by atoms with van der Waals surface area (Å²) in [5.74, 6) is -0.192. The highest BCUT2D eigenvalue weighted by atomic mass is 32.2. The van der Waals surface area contributed by atoms with Crippen LogP contribution in [0.3, 0.4) is 0 Å². The van der Waals surface area contributed by atoms with Gasteiger partial charge >= 0.3 is 5.97 Å². The second kappa shape index (κ2) is 8.03. The van der Waals surface area contributed by atoms with Crippen molar-refractivity contribution < 1.29 is 17.9 Å². The summed E-state index contributed by atoms with van der Waals surface area (Å²) in [4.78, 5) is 18.2. The van der Waals surface area contributed by atoms with Crippen LogP contribution in [0.2, 0.25) is 0 Å². The van der Waals surface area contributed by atoms with E-state index in [9.17, 15) is 13.2 Å². The van der Waals surface area contributed by atoms with Crippen molar-refractivity contribution >= 4 is 27.8 Å². The van der Waals surface area contributed by atoms with Gasteiger partial charge in [0.05, 0.1) is 10.8 Å². The number of pyridine rings is 1. The number of piperazine rings is 1. The Morgan fingerprint density at radius 3 is 2.40 bits per heavy atom. The molecule has 0 N–H and O–H groups in total. The second-order valence-corrected chi connectivity index (χ2v) is 9.85. The number of likely N-dealkylation sites (N-methyl/N-ethyl adjacent to an activating group) is 1. The first-order chi connectivity index (χ1) is 11.6. The monoisotopic (exact) mass is 387 g/mol. The Morgan fingerprint density at radius 1 is 1.24 bits per heavy atom. The van der Waals surface area contributed by atoms with Crippen molar-refractivity contribution in [3.63, 3.8) is 0 Å². The minimum absolute atomic E-state index is 0.134. The average Bonchev–Trinajstić information content (AvgIpc) is 2.52. The van der Waals surface area contributed by atoms with Crippen LogP contribution in [0.5, 0.6) is 0 Å². The lowest BCUT2D eigenvalue weighted by atomic mass is 10.2. The number of carbonyl (C=O) groups excluding carboxylic acids is 1. The van der Waals surface area contributed by atoms with Gasteiger partial charge in [0.25, 0.3) is 0 Å². The zero-order valence-corrected chi connectivity index (χ0v) is 16.7. The topological polar surface area (TPSA) is 79.8 Å². The maximum absolute atomic E-state index is 12.6. The van der Waals surface area contributed by atoms with E-state index in [4.69, 9.17) is 4.74 Å². The van der Waals surface area contributed by atoms with Crippen LogP contribution in [-0.2, 0) is 19.6 Å². The molecule has 0 radical (unpaired) electrons. The van der Waals surface area contributed by atoms with Crippen LogP contribution in [0.1, 0.15) is 20.8 Å². The van der Waals surface area contributed by atoms with Gasteiger partial charge in [-0.05, 0) is 40.0 Å². The summed E-state index contributed by atoms with van der Waals surface area (Å²) in [6, 6.07) is 3.16. The van der Waals surface area contributed by atoms with Crippen molar-refractivity contribution in [3.8, 4) is 0 Å². The van der Waals surface area contributed by atoms with Gasteiger partial charge in [-0.2, -0.15) is 4.31 Å². The van der Waals surface area contributed by atoms with Crippen molar-refractivity contribution in [1.82, 2.24) is 14.2 Å². The maximum Gasteiger partial charge on any atom is 0.316 e. The van der Waals surface area contributed by atoms with E-state index < -0.39 is 15.6 Å². The highest BCUT2D eigenvalue weighted by molar-refractivity contribution is 7.99. The molecule has 9 heteroatoms. The molecule has 0 saturated carbocycles. The number of hydrogen-bond acceptors (Lipinski definition) is 7. The lowest BCUT2D eigenvalue weighted by Gasteiger charge is -2.31. The molecule has 140 valence electrons. The summed E-state index contributed by atoms with van der Waals surface area (Å²) in [5, 5.41) is 0.586. The number of sulfonamides is 1. The van der Waals surface area contributed by atoms with Gasteiger partial charge in [-0.15, -0.1) is 0 Å². The molecule has 1 fully saturated rings. The third-order valence-electron chi connectivity index (χ3n) is 3.57. The number of nitrogens with zero attached hydrogens (tertiary/aromatic N) is 3. The van der Waals surface area contributed by atoms with Gasteiger partial charge in [-0.3, -0.25) is 4.79 Å². The molecular formula is C16H25N3O4S2. The van der Waals surface area contributed by atoms with E-state index >= 15 is 0 Å². The number of thioether (sulfide) groups is 1. The molecule has 0 spiro atoms. The van der Waals surface area contributed by atoms with E-state index in [2.05, 4.69) is 9.88 Å². The maximum atomic E-state index is 12.6. The van der Waals surface area contributed by atoms with Gasteiger partial charge < -0.3 is 9.64 Å². The van der Waals surface area contributed by atoms with E-state index in [1.165, 1.54) is 28.3 Å². The molecule has 0 aromatic carbocycles. The molecule has 0 atom stereocenters. The molecule has 0 aliphatic carbocycles. The Morgan fingerprint density at radius 2 is 1.88 bits per heavy atom. The van der Waals surface area contributed by atoms with Gasteiger partial charge in [0.2, 0.25) is 10.0 Å². The fraction of sp³-hybridized carbons (Fsp3) is 0.625. The second-order valence-electron chi connectivity index (χ2n) is 6.91. The summed E-state index contributed by atoms with van der Waals surface area (Å²) < 4.78 is 31.9. The van der Waals surface area contributed by atoms with Gasteiger partial charge in [0.1, 0.15) is 10.5 Å². The van der Waals surface area contributed by atoms with Crippen molar-refractivity contribution in [1.29, 1.82) is 0 Å². The number of hydrogen-bond donors (Lipinski definition) is 0. The van der Waals surface area contributed by atoms with E-state index in [0.29, 0.717) is 18.1 Å². The van der Waals surface area contributed by atoms with Gasteiger partial charge in [-0.1, -0.05) is 11.8 Å². The van der Waals surface area contributed by atoms with Gasteiger partial charge in [0, 0.05) is 32.4 Å². The summed E-state index contributed by atoms with van der Waals surface area (Å²) in [7, 11) is -1.54. The molecule has 1 aliphatic rings. The van der Waals surface area contributed by atoms with E-state index in [0.717, 1.165) is 13.1 Å². The Kier molecular flexibility index (Phi) is 6.47. The number of carbonyl (C=O) groups is 1. The molecular weight excluding hydrogens is 362 g/mol. The molecule has 0 amide bonds. The molecule has 1 aromatic heterocycles. The van der Waals surface area contributed by atoms with E-state index in [-0.39, 0.29) is 16.6 Å². The first-order valence-electron chi connectivity index (χ1n) is 8.07. The van der Waals surface area contributed by atoms with E-state index in [1.807, 2.05) is 27.8 Å². The molecule has 25 heavy (non-hydrogen) atoms. The van der Waals surface area contributed by atoms with Crippen LogP contribution in [0.4, 0.5) is 0 Å². The third-order valence-corrected chi connectivity index (χ3v) is 6.37. The average molecular weight is 388 g/mol. The Balaban J connectivity index is 1.96. The van der Waals surface area contributed by atoms with E-state index in [1.54, 1.807) is 6.07 Å². The molecule has 2 heterocycles. The van der Waals surface area contributed by atoms with Crippen LogP contribution >= 0.6 is 11.8 Å². The zero-order chi connectivity index (χ0) is 18.7. The lowest BCUT2D eigenvalue weighted by molar-refractivity contribution is -0.151. The van der Waals surface area contributed by atoms with Crippen LogP contribution < -0.4 is 0 Å². The highest BCUT2D eigenvalue weighted by Gasteiger charge is 2.27. The first kappa shape index (κ1) is 20.2. The number of ether oxygens (including phenoxy) is 1. The fourth-order valence-corrected chi connectivity index (χ4v) is 4.27. The molecule has 1 aromatic rings. The van der Waals surface area contributed by atoms with Crippen molar-refractivity contribution in [2.24, 2.45) is 0 Å². The van der Waals surface area contributed by atoms with Crippen LogP contribution in [0.25, 0.3) is 0 Å². The van der Waals surface area contributed by atoms with Crippen LogP contribution in [0.15, 0.2) is 28.3 Å². The molecule has 1 aliphatic heterocycles. The quantitative estimate of drug-likeness (QED) is 0.559. The first-order valence-corrected chi connectivity index (χ1v) is 10.5. The largest absolute Gasteiger partial charge is 0.459 e. The fourth-order valence-electron chi connectivity index (χ4n) is 2.29. The minimum atomic E-state index is -3.51. The molecule has 1 saturated heterocycles. The summed E-state index contributed by atoms with van der Waals surface area (Å²) in [5.41, 5.74) is -0.522. The SMILES string of the molecule is CN1CCN(S(=O)(=O)c2ccc(SCC(=O)OC(C)(C)C)nc2)CC1. The molecule has 0 bridgehead atoms. The molecule has 0 unspecified atom stereocenters. The number of esters is 1. The van der Waals surface area contributed by atoms with Crippen LogP contribution in [0, 0.1) is 0 Å². The van der Waals surface area contributed by atoms with Gasteiger partial charge in [-0.25, -0.2) is 13.4 Å². The predicted octanol–water partition coefficient (Wildman–Crippen LogP) is 1.45. The summed E-state index contributed by atoms with van der Waals surface area (Å²) >= 11 is 1.22. The third kappa shape index (κ3) is 5.95. The van der Waals surface area contributed by atoms with Crippen LogP contribution in [-0.4, -0.2) is 73.2 Å².